The van der Waals surface area contributed by atoms with Gasteiger partial charge in [0.15, 0.2) is 0 Å². The van der Waals surface area contributed by atoms with Crippen molar-refractivity contribution in [2.45, 2.75) is 24.8 Å². The van der Waals surface area contributed by atoms with E-state index in [9.17, 15) is 13.2 Å². The molecular weight excluding hydrogens is 258 g/mol. The molecule has 0 aliphatic rings. The van der Waals surface area contributed by atoms with Crippen molar-refractivity contribution in [2.24, 2.45) is 0 Å². The molecule has 0 saturated carbocycles. The lowest BCUT2D eigenvalue weighted by Gasteiger charge is -2.14. The first-order valence-electron chi connectivity index (χ1n) is 5.21. The van der Waals surface area contributed by atoms with Crippen LogP contribution in [0.3, 0.4) is 0 Å². The topological polar surface area (TPSA) is 104 Å². The molecule has 1 aromatic rings. The third-order valence-electron chi connectivity index (χ3n) is 2.40. The Morgan fingerprint density at radius 3 is 2.44 bits per heavy atom. The van der Waals surface area contributed by atoms with E-state index < -0.39 is 28.6 Å². The number of aliphatic hydroxyl groups excluding tert-OH is 1. The number of carboxylic acids is 1. The molecule has 0 aliphatic carbocycles. The first-order chi connectivity index (χ1) is 8.27. The number of sulfonamides is 1. The van der Waals surface area contributed by atoms with Crippen molar-refractivity contribution in [3.8, 4) is 0 Å². The van der Waals surface area contributed by atoms with Crippen LogP contribution in [0.15, 0.2) is 23.1 Å². The van der Waals surface area contributed by atoms with Crippen LogP contribution >= 0.6 is 0 Å². The molecule has 0 amide bonds. The van der Waals surface area contributed by atoms with Gasteiger partial charge in [0.1, 0.15) is 6.04 Å². The van der Waals surface area contributed by atoms with Crippen LogP contribution in [-0.2, 0) is 14.8 Å². The van der Waals surface area contributed by atoms with Crippen molar-refractivity contribution in [1.82, 2.24) is 4.72 Å². The van der Waals surface area contributed by atoms with Gasteiger partial charge in [-0.15, -0.1) is 0 Å². The summed E-state index contributed by atoms with van der Waals surface area (Å²) in [4.78, 5) is 10.7. The monoisotopic (exact) mass is 273 g/mol. The Hall–Kier alpha value is -1.44. The summed E-state index contributed by atoms with van der Waals surface area (Å²) in [6, 6.07) is 3.17. The Labute approximate surface area is 105 Å². The maximum absolute atomic E-state index is 12.0. The molecule has 0 radical (unpaired) electrons. The average molecular weight is 273 g/mol. The van der Waals surface area contributed by atoms with Gasteiger partial charge in [-0.1, -0.05) is 17.7 Å². The van der Waals surface area contributed by atoms with E-state index in [4.69, 9.17) is 10.2 Å². The molecule has 0 heterocycles. The molecule has 100 valence electrons. The molecule has 0 aromatic heterocycles. The van der Waals surface area contributed by atoms with Gasteiger partial charge >= 0.3 is 5.97 Å². The third kappa shape index (κ3) is 3.28. The number of carbonyl (C=O) groups is 1. The SMILES string of the molecule is Cc1ccc(S(=O)(=O)N[C@@H](CO)C(=O)O)c(C)c1. The van der Waals surface area contributed by atoms with E-state index in [1.165, 1.54) is 6.07 Å². The average Bonchev–Trinajstić information content (AvgIpc) is 2.24. The zero-order valence-electron chi connectivity index (χ0n) is 10.0. The molecule has 18 heavy (non-hydrogen) atoms. The molecule has 3 N–H and O–H groups in total. The van der Waals surface area contributed by atoms with Crippen LogP contribution in [0.1, 0.15) is 11.1 Å². The van der Waals surface area contributed by atoms with E-state index in [0.29, 0.717) is 5.56 Å². The van der Waals surface area contributed by atoms with Gasteiger partial charge in [-0.25, -0.2) is 8.42 Å². The predicted molar refractivity (Wildman–Crippen MR) is 64.7 cm³/mol. The lowest BCUT2D eigenvalue weighted by atomic mass is 10.2. The second kappa shape index (κ2) is 5.47. The minimum absolute atomic E-state index is 0.00722. The normalized spacial score (nSPS) is 13.3. The molecule has 0 unspecified atom stereocenters. The fraction of sp³-hybridized carbons (Fsp3) is 0.364. The molecule has 0 fully saturated rings. The van der Waals surface area contributed by atoms with Gasteiger partial charge in [-0.3, -0.25) is 4.79 Å². The maximum atomic E-state index is 12.0. The molecule has 1 atom stereocenters. The number of nitrogens with one attached hydrogen (secondary N) is 1. The molecule has 0 aliphatic heterocycles. The number of aryl methyl sites for hydroxylation is 2. The van der Waals surface area contributed by atoms with Crippen molar-refractivity contribution >= 4 is 16.0 Å². The molecular formula is C11H15NO5S. The molecule has 0 bridgehead atoms. The van der Waals surface area contributed by atoms with E-state index >= 15 is 0 Å². The Kier molecular flexibility index (Phi) is 4.44. The number of aliphatic hydroxyl groups is 1. The van der Waals surface area contributed by atoms with Crippen LogP contribution in [0, 0.1) is 13.8 Å². The first kappa shape index (κ1) is 14.6. The highest BCUT2D eigenvalue weighted by molar-refractivity contribution is 7.89. The molecule has 7 heteroatoms. The minimum atomic E-state index is -3.95. The van der Waals surface area contributed by atoms with E-state index in [-0.39, 0.29) is 4.90 Å². The van der Waals surface area contributed by atoms with Crippen LogP contribution in [0.25, 0.3) is 0 Å². The summed E-state index contributed by atoms with van der Waals surface area (Å²) in [5.41, 5.74) is 1.42. The largest absolute Gasteiger partial charge is 0.480 e. The second-order valence-corrected chi connectivity index (χ2v) is 5.65. The highest BCUT2D eigenvalue weighted by Gasteiger charge is 2.25. The van der Waals surface area contributed by atoms with Crippen LogP contribution in [0.2, 0.25) is 0 Å². The van der Waals surface area contributed by atoms with Gasteiger partial charge in [-0.05, 0) is 25.5 Å². The number of rotatable bonds is 5. The van der Waals surface area contributed by atoms with E-state index in [2.05, 4.69) is 0 Å². The van der Waals surface area contributed by atoms with Crippen LogP contribution in [0.4, 0.5) is 0 Å². The summed E-state index contributed by atoms with van der Waals surface area (Å²) < 4.78 is 25.8. The summed E-state index contributed by atoms with van der Waals surface area (Å²) >= 11 is 0. The summed E-state index contributed by atoms with van der Waals surface area (Å²) in [6.07, 6.45) is 0. The van der Waals surface area contributed by atoms with Crippen molar-refractivity contribution < 1.29 is 23.4 Å². The Morgan fingerprint density at radius 2 is 2.00 bits per heavy atom. The first-order valence-corrected chi connectivity index (χ1v) is 6.69. The third-order valence-corrected chi connectivity index (χ3v) is 4.03. The number of hydrogen-bond donors (Lipinski definition) is 3. The second-order valence-electron chi connectivity index (χ2n) is 3.96. The molecule has 1 aromatic carbocycles. The van der Waals surface area contributed by atoms with E-state index in [1.54, 1.807) is 19.1 Å². The standard InChI is InChI=1S/C11H15NO5S/c1-7-3-4-10(8(2)5-7)18(16,17)12-9(6-13)11(14)15/h3-5,9,12-13H,6H2,1-2H3,(H,14,15)/t9-/m0/s1. The molecule has 1 rings (SSSR count). The number of aliphatic carboxylic acids is 1. The zero-order valence-corrected chi connectivity index (χ0v) is 10.9. The van der Waals surface area contributed by atoms with Crippen molar-refractivity contribution in [3.63, 3.8) is 0 Å². The van der Waals surface area contributed by atoms with Gasteiger partial charge < -0.3 is 10.2 Å². The summed E-state index contributed by atoms with van der Waals surface area (Å²) in [5.74, 6) is -1.43. The van der Waals surface area contributed by atoms with E-state index in [1.807, 2.05) is 11.6 Å². The highest BCUT2D eigenvalue weighted by atomic mass is 32.2. The van der Waals surface area contributed by atoms with Gasteiger partial charge in [0.05, 0.1) is 11.5 Å². The summed E-state index contributed by atoms with van der Waals surface area (Å²) in [5, 5.41) is 17.5. The fourth-order valence-corrected chi connectivity index (χ4v) is 2.92. The van der Waals surface area contributed by atoms with E-state index in [0.717, 1.165) is 5.56 Å². The van der Waals surface area contributed by atoms with Crippen molar-refractivity contribution in [3.05, 3.63) is 29.3 Å². The maximum Gasteiger partial charge on any atom is 0.324 e. The van der Waals surface area contributed by atoms with Gasteiger partial charge in [0, 0.05) is 0 Å². The lowest BCUT2D eigenvalue weighted by molar-refractivity contribution is -0.139. The fourth-order valence-electron chi connectivity index (χ4n) is 1.52. The number of carboxylic acid groups (broad SMARTS) is 1. The van der Waals surface area contributed by atoms with Gasteiger partial charge in [0.25, 0.3) is 0 Å². The lowest BCUT2D eigenvalue weighted by Crippen LogP contribution is -2.43. The zero-order chi connectivity index (χ0) is 13.9. The van der Waals surface area contributed by atoms with Crippen LogP contribution < -0.4 is 4.72 Å². The molecule has 0 saturated heterocycles. The van der Waals surface area contributed by atoms with Gasteiger partial charge in [-0.2, -0.15) is 4.72 Å². The number of benzene rings is 1. The van der Waals surface area contributed by atoms with Crippen molar-refractivity contribution in [1.29, 1.82) is 0 Å². The highest BCUT2D eigenvalue weighted by Crippen LogP contribution is 2.16. The molecule has 0 spiro atoms. The summed E-state index contributed by atoms with van der Waals surface area (Å²) in [7, 11) is -3.95. The van der Waals surface area contributed by atoms with Crippen LogP contribution in [0.5, 0.6) is 0 Å². The molecule has 6 nitrogen and oxygen atoms in total. The van der Waals surface area contributed by atoms with Crippen LogP contribution in [-0.4, -0.2) is 37.2 Å². The number of hydrogen-bond acceptors (Lipinski definition) is 4. The smallest absolute Gasteiger partial charge is 0.324 e. The quantitative estimate of drug-likeness (QED) is 0.702. The minimum Gasteiger partial charge on any atom is -0.480 e. The van der Waals surface area contributed by atoms with Gasteiger partial charge in [0.2, 0.25) is 10.0 Å². The Balaban J connectivity index is 3.10. The van der Waals surface area contributed by atoms with Crippen molar-refractivity contribution in [2.75, 3.05) is 6.61 Å². The Bertz CT molecular complexity index is 553. The predicted octanol–water partition coefficient (Wildman–Crippen LogP) is 0.0272. The Morgan fingerprint density at radius 1 is 1.39 bits per heavy atom. The summed E-state index contributed by atoms with van der Waals surface area (Å²) in [6.45, 7) is 2.64.